The number of para-hydroxylation sites is 1. The molecule has 2 aromatic rings. The second kappa shape index (κ2) is 7.12. The molecule has 25 heavy (non-hydrogen) atoms. The van der Waals surface area contributed by atoms with Crippen LogP contribution in [0.4, 0.5) is 17.1 Å². The lowest BCUT2D eigenvalue weighted by Gasteiger charge is -2.15. The smallest absolute Gasteiger partial charge is 0.269 e. The lowest BCUT2D eigenvalue weighted by atomic mass is 10.0. The lowest BCUT2D eigenvalue weighted by Crippen LogP contribution is -2.18. The summed E-state index contributed by atoms with van der Waals surface area (Å²) in [7, 11) is 0. The molecule has 0 radical (unpaired) electrons. The van der Waals surface area contributed by atoms with Crippen LogP contribution in [0.3, 0.4) is 0 Å². The van der Waals surface area contributed by atoms with Crippen molar-refractivity contribution in [2.24, 2.45) is 0 Å². The number of amides is 2. The molecule has 0 bridgehead atoms. The Bertz CT molecular complexity index is 848. The number of nitrogens with one attached hydrogen (secondary N) is 2. The fourth-order valence-electron chi connectivity index (χ4n) is 2.80. The molecular formula is C18H17N3O4. The van der Waals surface area contributed by atoms with Crippen molar-refractivity contribution in [2.45, 2.75) is 25.7 Å². The van der Waals surface area contributed by atoms with Crippen molar-refractivity contribution in [3.63, 3.8) is 0 Å². The third-order valence-corrected chi connectivity index (χ3v) is 4.11. The summed E-state index contributed by atoms with van der Waals surface area (Å²) in [6.07, 6.45) is 2.47. The maximum atomic E-state index is 11.0. The molecular weight excluding hydrogens is 322 g/mol. The minimum Gasteiger partial charge on any atom is -0.326 e. The molecule has 0 unspecified atom stereocenters. The highest BCUT2D eigenvalue weighted by atomic mass is 16.6. The highest BCUT2D eigenvalue weighted by Crippen LogP contribution is 2.26. The number of nitrogens with zero attached hydrogens (tertiary/aromatic N) is 1. The molecule has 2 aliphatic heterocycles. The SMILES string of the molecule is O=C1CCc2cc([N+](=O)[O-])ccc2N1.O=C1CCc2ccccc2N1. The third-order valence-electron chi connectivity index (χ3n) is 4.11. The van der Waals surface area contributed by atoms with Crippen LogP contribution in [-0.4, -0.2) is 16.7 Å². The Labute approximate surface area is 144 Å². The van der Waals surface area contributed by atoms with Crippen LogP contribution in [0, 0.1) is 10.1 Å². The summed E-state index contributed by atoms with van der Waals surface area (Å²) in [6.45, 7) is 0. The highest BCUT2D eigenvalue weighted by Gasteiger charge is 2.17. The second-order valence-corrected chi connectivity index (χ2v) is 5.85. The number of aryl methyl sites for hydroxylation is 2. The molecule has 7 heteroatoms. The molecule has 0 atom stereocenters. The number of carbonyl (C=O) groups is 2. The molecule has 2 heterocycles. The van der Waals surface area contributed by atoms with Gasteiger partial charge in [0.25, 0.3) is 5.69 Å². The lowest BCUT2D eigenvalue weighted by molar-refractivity contribution is -0.384. The van der Waals surface area contributed by atoms with Gasteiger partial charge in [0.1, 0.15) is 0 Å². The average molecular weight is 339 g/mol. The van der Waals surface area contributed by atoms with E-state index in [4.69, 9.17) is 0 Å². The molecule has 0 aromatic heterocycles. The van der Waals surface area contributed by atoms with E-state index in [1.807, 2.05) is 18.2 Å². The van der Waals surface area contributed by atoms with Crippen LogP contribution in [0.5, 0.6) is 0 Å². The van der Waals surface area contributed by atoms with Crippen LogP contribution in [0.1, 0.15) is 24.0 Å². The van der Waals surface area contributed by atoms with Gasteiger partial charge in [-0.3, -0.25) is 19.7 Å². The van der Waals surface area contributed by atoms with Crippen molar-refractivity contribution in [1.29, 1.82) is 0 Å². The Morgan fingerprint density at radius 3 is 2.08 bits per heavy atom. The van der Waals surface area contributed by atoms with E-state index >= 15 is 0 Å². The van der Waals surface area contributed by atoms with Gasteiger partial charge in [-0.1, -0.05) is 18.2 Å². The predicted molar refractivity (Wildman–Crippen MR) is 93.4 cm³/mol. The van der Waals surface area contributed by atoms with Crippen LogP contribution in [0.2, 0.25) is 0 Å². The molecule has 2 N–H and O–H groups in total. The summed E-state index contributed by atoms with van der Waals surface area (Å²) < 4.78 is 0. The summed E-state index contributed by atoms with van der Waals surface area (Å²) in [5.74, 6) is 0.0926. The Balaban J connectivity index is 0.000000150. The molecule has 2 aliphatic rings. The number of carbonyl (C=O) groups excluding carboxylic acids is 2. The van der Waals surface area contributed by atoms with E-state index in [0.29, 0.717) is 24.9 Å². The van der Waals surface area contributed by atoms with Gasteiger partial charge in [-0.05, 0) is 36.1 Å². The molecule has 2 aromatic carbocycles. The van der Waals surface area contributed by atoms with Gasteiger partial charge < -0.3 is 10.6 Å². The van der Waals surface area contributed by atoms with Crippen molar-refractivity contribution in [3.8, 4) is 0 Å². The van der Waals surface area contributed by atoms with Gasteiger partial charge in [0.2, 0.25) is 11.8 Å². The van der Waals surface area contributed by atoms with Crippen molar-refractivity contribution >= 4 is 28.9 Å². The van der Waals surface area contributed by atoms with E-state index in [-0.39, 0.29) is 17.5 Å². The van der Waals surface area contributed by atoms with E-state index in [9.17, 15) is 19.7 Å². The molecule has 128 valence electrons. The molecule has 0 saturated carbocycles. The molecule has 0 fully saturated rings. The Hall–Kier alpha value is -3.22. The van der Waals surface area contributed by atoms with Crippen LogP contribution in [0.25, 0.3) is 0 Å². The fourth-order valence-corrected chi connectivity index (χ4v) is 2.80. The van der Waals surface area contributed by atoms with E-state index in [1.54, 1.807) is 6.07 Å². The number of fused-ring (bicyclic) bond motifs is 2. The molecule has 7 nitrogen and oxygen atoms in total. The van der Waals surface area contributed by atoms with Crippen molar-refractivity contribution in [2.75, 3.05) is 10.6 Å². The van der Waals surface area contributed by atoms with Crippen LogP contribution < -0.4 is 10.6 Å². The summed E-state index contributed by atoms with van der Waals surface area (Å²) in [5.41, 5.74) is 3.81. The predicted octanol–water partition coefficient (Wildman–Crippen LogP) is 3.05. The first-order valence-electron chi connectivity index (χ1n) is 7.98. The zero-order chi connectivity index (χ0) is 17.8. The van der Waals surface area contributed by atoms with E-state index in [0.717, 1.165) is 17.7 Å². The number of rotatable bonds is 1. The fraction of sp³-hybridized carbons (Fsp3) is 0.222. The van der Waals surface area contributed by atoms with E-state index in [2.05, 4.69) is 16.7 Å². The normalized spacial score (nSPS) is 14.9. The maximum absolute atomic E-state index is 11.0. The molecule has 4 rings (SSSR count). The number of anilines is 2. The standard InChI is InChI=1S/C9H8N2O3.C9H9NO/c12-9-4-1-6-5-7(11(13)14)2-3-8(6)10-9;11-9-6-5-7-3-1-2-4-8(7)10-9/h2-3,5H,1,4H2,(H,10,12);1-4H,5-6H2,(H,10,11). The van der Waals surface area contributed by atoms with Gasteiger partial charge in [0, 0.05) is 36.3 Å². The highest BCUT2D eigenvalue weighted by molar-refractivity contribution is 5.94. The Morgan fingerprint density at radius 1 is 0.800 bits per heavy atom. The van der Waals surface area contributed by atoms with Crippen LogP contribution in [0.15, 0.2) is 42.5 Å². The van der Waals surface area contributed by atoms with Gasteiger partial charge in [-0.25, -0.2) is 0 Å². The Kier molecular flexibility index (Phi) is 4.74. The first kappa shape index (κ1) is 16.6. The number of benzene rings is 2. The third kappa shape index (κ3) is 4.00. The van der Waals surface area contributed by atoms with Crippen molar-refractivity contribution < 1.29 is 14.5 Å². The van der Waals surface area contributed by atoms with Crippen LogP contribution >= 0.6 is 0 Å². The summed E-state index contributed by atoms with van der Waals surface area (Å²) in [4.78, 5) is 31.9. The summed E-state index contributed by atoms with van der Waals surface area (Å²) in [5, 5.41) is 16.0. The van der Waals surface area contributed by atoms with Gasteiger partial charge in [0.15, 0.2) is 0 Å². The number of non-ortho nitro benzene ring substituents is 1. The monoisotopic (exact) mass is 339 g/mol. The van der Waals surface area contributed by atoms with Crippen molar-refractivity contribution in [1.82, 2.24) is 0 Å². The van der Waals surface area contributed by atoms with Gasteiger partial charge >= 0.3 is 0 Å². The largest absolute Gasteiger partial charge is 0.326 e. The molecule has 0 aliphatic carbocycles. The minimum absolute atomic E-state index is 0.0358. The summed E-state index contributed by atoms with van der Waals surface area (Å²) in [6, 6.07) is 12.4. The molecule has 2 amide bonds. The number of nitro benzene ring substituents is 1. The quantitative estimate of drug-likeness (QED) is 0.616. The minimum atomic E-state index is -0.434. The summed E-state index contributed by atoms with van der Waals surface area (Å²) >= 11 is 0. The number of hydrogen-bond donors (Lipinski definition) is 2. The average Bonchev–Trinajstić information content (AvgIpc) is 2.61. The van der Waals surface area contributed by atoms with Gasteiger partial charge in [-0.15, -0.1) is 0 Å². The maximum Gasteiger partial charge on any atom is 0.269 e. The zero-order valence-corrected chi connectivity index (χ0v) is 13.5. The first-order chi connectivity index (χ1) is 12.0. The van der Waals surface area contributed by atoms with E-state index < -0.39 is 4.92 Å². The first-order valence-corrected chi connectivity index (χ1v) is 7.98. The number of hydrogen-bond acceptors (Lipinski definition) is 4. The molecule has 0 spiro atoms. The van der Waals surface area contributed by atoms with Gasteiger partial charge in [-0.2, -0.15) is 0 Å². The second-order valence-electron chi connectivity index (χ2n) is 5.85. The number of nitro groups is 1. The van der Waals surface area contributed by atoms with Crippen LogP contribution in [-0.2, 0) is 22.4 Å². The Morgan fingerprint density at radius 2 is 1.40 bits per heavy atom. The zero-order valence-electron chi connectivity index (χ0n) is 13.5. The topological polar surface area (TPSA) is 101 Å². The molecule has 0 saturated heterocycles. The van der Waals surface area contributed by atoms with Gasteiger partial charge in [0.05, 0.1) is 4.92 Å². The van der Waals surface area contributed by atoms with Crippen molar-refractivity contribution in [3.05, 3.63) is 63.7 Å². The van der Waals surface area contributed by atoms with E-state index in [1.165, 1.54) is 17.7 Å².